The predicted octanol–water partition coefficient (Wildman–Crippen LogP) is 3.10. The molecule has 1 N–H and O–H groups in total. The smallest absolute Gasteiger partial charge is 0.342 e. The molecule has 1 aromatic heterocycles. The number of halogens is 1. The minimum absolute atomic E-state index is 0.264. The number of carbonyl (C=O) groups excluding carboxylic acids is 2. The van der Waals surface area contributed by atoms with Gasteiger partial charge in [-0.05, 0) is 24.3 Å². The predicted molar refractivity (Wildman–Crippen MR) is 98.4 cm³/mol. The van der Waals surface area contributed by atoms with Crippen LogP contribution in [0.2, 0.25) is 5.02 Å². The number of esters is 1. The second kappa shape index (κ2) is 7.84. The lowest BCUT2D eigenvalue weighted by atomic mass is 10.1. The van der Waals surface area contributed by atoms with Crippen molar-refractivity contribution >= 4 is 23.5 Å². The summed E-state index contributed by atoms with van der Waals surface area (Å²) >= 11 is 5.94. The van der Waals surface area contributed by atoms with Crippen LogP contribution in [0.3, 0.4) is 0 Å². The zero-order valence-electron chi connectivity index (χ0n) is 14.0. The van der Waals surface area contributed by atoms with Gasteiger partial charge in [-0.15, -0.1) is 0 Å². The number of aromatic nitrogens is 2. The molecule has 0 aliphatic carbocycles. The largest absolute Gasteiger partial charge is 0.452 e. The SMILES string of the molecule is CNC(=O)COC(=O)c1cn(-c2ccccc2)nc1-c1ccc(Cl)cc1. The first-order valence-electron chi connectivity index (χ1n) is 7.87. The van der Waals surface area contributed by atoms with Gasteiger partial charge in [-0.3, -0.25) is 4.79 Å². The molecule has 2 aromatic carbocycles. The number of nitrogens with zero attached hydrogens (tertiary/aromatic N) is 2. The van der Waals surface area contributed by atoms with Crippen molar-refractivity contribution < 1.29 is 14.3 Å². The van der Waals surface area contributed by atoms with Gasteiger partial charge in [0.1, 0.15) is 11.3 Å². The van der Waals surface area contributed by atoms with Gasteiger partial charge >= 0.3 is 5.97 Å². The first kappa shape index (κ1) is 17.7. The average molecular weight is 370 g/mol. The van der Waals surface area contributed by atoms with Crippen molar-refractivity contribution in [1.82, 2.24) is 15.1 Å². The van der Waals surface area contributed by atoms with E-state index in [0.29, 0.717) is 10.7 Å². The highest BCUT2D eigenvalue weighted by Crippen LogP contribution is 2.25. The Kier molecular flexibility index (Phi) is 5.34. The fourth-order valence-corrected chi connectivity index (χ4v) is 2.46. The summed E-state index contributed by atoms with van der Waals surface area (Å²) in [5.74, 6) is -1.01. The second-order valence-electron chi connectivity index (χ2n) is 5.43. The standard InChI is InChI=1S/C19H16ClN3O3/c1-21-17(24)12-26-19(25)16-11-23(15-5-3-2-4-6-15)22-18(16)13-7-9-14(20)10-8-13/h2-11H,12H2,1H3,(H,21,24). The normalized spacial score (nSPS) is 10.4. The van der Waals surface area contributed by atoms with Crippen LogP contribution in [0.4, 0.5) is 0 Å². The highest BCUT2D eigenvalue weighted by atomic mass is 35.5. The molecule has 0 spiro atoms. The van der Waals surface area contributed by atoms with Crippen LogP contribution in [0.5, 0.6) is 0 Å². The molecule has 3 aromatic rings. The zero-order valence-corrected chi connectivity index (χ0v) is 14.7. The van der Waals surface area contributed by atoms with E-state index >= 15 is 0 Å². The molecule has 1 heterocycles. The van der Waals surface area contributed by atoms with Crippen LogP contribution in [0.1, 0.15) is 10.4 Å². The fourth-order valence-electron chi connectivity index (χ4n) is 2.34. The van der Waals surface area contributed by atoms with Gasteiger partial charge in [0.15, 0.2) is 6.61 Å². The Labute approximate surface area is 155 Å². The quantitative estimate of drug-likeness (QED) is 0.701. The molecular weight excluding hydrogens is 354 g/mol. The third kappa shape index (κ3) is 3.92. The van der Waals surface area contributed by atoms with Gasteiger partial charge in [-0.1, -0.05) is 41.9 Å². The van der Waals surface area contributed by atoms with Gasteiger partial charge in [0.2, 0.25) is 0 Å². The van der Waals surface area contributed by atoms with Gasteiger partial charge in [0.25, 0.3) is 5.91 Å². The summed E-state index contributed by atoms with van der Waals surface area (Å²) in [6.45, 7) is -0.355. The number of rotatable bonds is 5. The Morgan fingerprint density at radius 3 is 2.46 bits per heavy atom. The first-order valence-corrected chi connectivity index (χ1v) is 8.25. The van der Waals surface area contributed by atoms with Crippen molar-refractivity contribution in [1.29, 1.82) is 0 Å². The average Bonchev–Trinajstić information content (AvgIpc) is 3.12. The lowest BCUT2D eigenvalue weighted by Crippen LogP contribution is -2.25. The number of para-hydroxylation sites is 1. The number of likely N-dealkylation sites (N-methyl/N-ethyl adjacent to an activating group) is 1. The van der Waals surface area contributed by atoms with Gasteiger partial charge in [-0.25, -0.2) is 9.48 Å². The summed E-state index contributed by atoms with van der Waals surface area (Å²) < 4.78 is 6.68. The van der Waals surface area contributed by atoms with E-state index in [0.717, 1.165) is 11.3 Å². The Morgan fingerprint density at radius 1 is 1.12 bits per heavy atom. The van der Waals surface area contributed by atoms with E-state index < -0.39 is 5.97 Å². The Morgan fingerprint density at radius 2 is 1.81 bits per heavy atom. The molecule has 0 atom stereocenters. The molecule has 0 bridgehead atoms. The monoisotopic (exact) mass is 369 g/mol. The number of carbonyl (C=O) groups is 2. The molecule has 0 saturated carbocycles. The number of hydrogen-bond donors (Lipinski definition) is 1. The lowest BCUT2D eigenvalue weighted by molar-refractivity contribution is -0.123. The van der Waals surface area contributed by atoms with Crippen molar-refractivity contribution in [3.05, 3.63) is 71.4 Å². The Hall–Kier alpha value is -3.12. The highest BCUT2D eigenvalue weighted by molar-refractivity contribution is 6.30. The summed E-state index contributed by atoms with van der Waals surface area (Å²) in [4.78, 5) is 23.8. The van der Waals surface area contributed by atoms with E-state index in [1.807, 2.05) is 30.3 Å². The zero-order chi connectivity index (χ0) is 18.5. The number of hydrogen-bond acceptors (Lipinski definition) is 4. The van der Waals surface area contributed by atoms with Crippen LogP contribution < -0.4 is 5.32 Å². The summed E-state index contributed by atoms with van der Waals surface area (Å²) in [6, 6.07) is 16.4. The van der Waals surface area contributed by atoms with Gasteiger partial charge < -0.3 is 10.1 Å². The summed E-state index contributed by atoms with van der Waals surface area (Å²) in [6.07, 6.45) is 1.59. The second-order valence-corrected chi connectivity index (χ2v) is 5.86. The maximum absolute atomic E-state index is 12.5. The van der Waals surface area contributed by atoms with Crippen molar-refractivity contribution in [2.24, 2.45) is 0 Å². The van der Waals surface area contributed by atoms with Crippen LogP contribution in [-0.4, -0.2) is 35.3 Å². The Bertz CT molecular complexity index is 921. The van der Waals surface area contributed by atoms with Gasteiger partial charge in [-0.2, -0.15) is 5.10 Å². The molecular formula is C19H16ClN3O3. The maximum Gasteiger partial charge on any atom is 0.342 e. The summed E-state index contributed by atoms with van der Waals surface area (Å²) in [5.41, 5.74) is 2.23. The van der Waals surface area contributed by atoms with Gasteiger partial charge in [0.05, 0.1) is 5.69 Å². The van der Waals surface area contributed by atoms with Crippen molar-refractivity contribution in [3.63, 3.8) is 0 Å². The van der Waals surface area contributed by atoms with Crippen molar-refractivity contribution in [2.45, 2.75) is 0 Å². The molecule has 0 saturated heterocycles. The molecule has 6 nitrogen and oxygen atoms in total. The molecule has 3 rings (SSSR count). The van der Waals surface area contributed by atoms with E-state index in [4.69, 9.17) is 16.3 Å². The molecule has 1 amide bonds. The van der Waals surface area contributed by atoms with E-state index in [-0.39, 0.29) is 18.1 Å². The van der Waals surface area contributed by atoms with E-state index in [1.165, 1.54) is 7.05 Å². The molecule has 0 radical (unpaired) electrons. The maximum atomic E-state index is 12.5. The van der Waals surface area contributed by atoms with E-state index in [1.54, 1.807) is 35.1 Å². The number of benzene rings is 2. The van der Waals surface area contributed by atoms with Crippen LogP contribution >= 0.6 is 11.6 Å². The van der Waals surface area contributed by atoms with Crippen LogP contribution in [0.15, 0.2) is 60.8 Å². The minimum Gasteiger partial charge on any atom is -0.452 e. The summed E-state index contributed by atoms with van der Waals surface area (Å²) in [5, 5.41) is 7.51. The molecule has 26 heavy (non-hydrogen) atoms. The summed E-state index contributed by atoms with van der Waals surface area (Å²) in [7, 11) is 1.47. The Balaban J connectivity index is 2.00. The molecule has 0 unspecified atom stereocenters. The molecule has 0 aliphatic heterocycles. The van der Waals surface area contributed by atoms with Crippen molar-refractivity contribution in [2.75, 3.05) is 13.7 Å². The molecule has 0 aliphatic rings. The minimum atomic E-state index is -0.624. The van der Waals surface area contributed by atoms with E-state index in [9.17, 15) is 9.59 Å². The van der Waals surface area contributed by atoms with Crippen molar-refractivity contribution in [3.8, 4) is 16.9 Å². The third-order valence-electron chi connectivity index (χ3n) is 3.69. The number of amides is 1. The molecule has 0 fully saturated rings. The highest BCUT2D eigenvalue weighted by Gasteiger charge is 2.20. The van der Waals surface area contributed by atoms with Gasteiger partial charge in [0, 0.05) is 23.8 Å². The molecule has 7 heteroatoms. The fraction of sp³-hybridized carbons (Fsp3) is 0.105. The third-order valence-corrected chi connectivity index (χ3v) is 3.94. The number of ether oxygens (including phenoxy) is 1. The van der Waals surface area contributed by atoms with Crippen LogP contribution in [-0.2, 0) is 9.53 Å². The first-order chi connectivity index (χ1) is 12.6. The number of nitrogens with one attached hydrogen (secondary N) is 1. The topological polar surface area (TPSA) is 73.2 Å². The molecule has 132 valence electrons. The lowest BCUT2D eigenvalue weighted by Gasteiger charge is -2.04. The van der Waals surface area contributed by atoms with Crippen LogP contribution in [0.25, 0.3) is 16.9 Å². The van der Waals surface area contributed by atoms with E-state index in [2.05, 4.69) is 10.4 Å². The van der Waals surface area contributed by atoms with Crippen LogP contribution in [0, 0.1) is 0 Å².